The minimum atomic E-state index is -0.00691. The molecule has 19 heavy (non-hydrogen) atoms. The number of ether oxygens (including phenoxy) is 1. The molecule has 0 saturated heterocycles. The molecule has 1 rings (SSSR count). The molecule has 0 aliphatic carbocycles. The van der Waals surface area contributed by atoms with Gasteiger partial charge in [-0.15, -0.1) is 0 Å². The van der Waals surface area contributed by atoms with Gasteiger partial charge >= 0.3 is 0 Å². The maximum Gasteiger partial charge on any atom is 0.118 e. The highest BCUT2D eigenvalue weighted by atomic mass is 16.5. The van der Waals surface area contributed by atoms with E-state index in [-0.39, 0.29) is 5.92 Å². The molecule has 1 unspecified atom stereocenters. The Hall–Kier alpha value is -1.49. The van der Waals surface area contributed by atoms with Gasteiger partial charge in [0.15, 0.2) is 0 Å². The molecule has 1 aromatic rings. The van der Waals surface area contributed by atoms with Gasteiger partial charge in [-0.05, 0) is 30.0 Å². The zero-order chi connectivity index (χ0) is 14.1. The predicted octanol–water partition coefficient (Wildman–Crippen LogP) is 4.91. The van der Waals surface area contributed by atoms with Crippen molar-refractivity contribution in [3.63, 3.8) is 0 Å². The lowest BCUT2D eigenvalue weighted by atomic mass is 9.85. The Morgan fingerprint density at radius 2 is 1.84 bits per heavy atom. The highest BCUT2D eigenvalue weighted by molar-refractivity contribution is 5.32. The first-order chi connectivity index (χ1) is 9.22. The molecule has 0 N–H and O–H groups in total. The van der Waals surface area contributed by atoms with E-state index >= 15 is 0 Å². The summed E-state index contributed by atoms with van der Waals surface area (Å²) in [4.78, 5) is 0. The minimum Gasteiger partial charge on any atom is -0.497 e. The third kappa shape index (κ3) is 4.95. The summed E-state index contributed by atoms with van der Waals surface area (Å²) in [6, 6.07) is 10.3. The largest absolute Gasteiger partial charge is 0.497 e. The van der Waals surface area contributed by atoms with Gasteiger partial charge in [0.2, 0.25) is 0 Å². The summed E-state index contributed by atoms with van der Waals surface area (Å²) in [5, 5.41) is 9.40. The lowest BCUT2D eigenvalue weighted by Crippen LogP contribution is -2.08. The fourth-order valence-electron chi connectivity index (χ4n) is 2.40. The molecule has 0 fully saturated rings. The number of methoxy groups -OCH3 is 1. The van der Waals surface area contributed by atoms with E-state index in [2.05, 4.69) is 19.9 Å². The van der Waals surface area contributed by atoms with E-state index in [1.54, 1.807) is 7.11 Å². The molecule has 2 nitrogen and oxygen atoms in total. The quantitative estimate of drug-likeness (QED) is 0.621. The molecule has 0 radical (unpaired) electrons. The normalized spacial score (nSPS) is 13.6. The molecule has 0 bridgehead atoms. The van der Waals surface area contributed by atoms with Crippen molar-refractivity contribution in [3.05, 3.63) is 29.8 Å². The Morgan fingerprint density at radius 1 is 1.16 bits per heavy atom. The van der Waals surface area contributed by atoms with Crippen molar-refractivity contribution in [2.75, 3.05) is 7.11 Å². The Bertz CT molecular complexity index is 391. The number of unbranched alkanes of at least 4 members (excludes halogenated alkanes) is 3. The fourth-order valence-corrected chi connectivity index (χ4v) is 2.40. The zero-order valence-corrected chi connectivity index (χ0v) is 12.4. The molecule has 2 atom stereocenters. The van der Waals surface area contributed by atoms with Crippen molar-refractivity contribution in [2.24, 2.45) is 5.92 Å². The summed E-state index contributed by atoms with van der Waals surface area (Å²) in [5.41, 5.74) is 1.10. The second kappa shape index (κ2) is 8.58. The van der Waals surface area contributed by atoms with Crippen LogP contribution in [0.5, 0.6) is 5.75 Å². The van der Waals surface area contributed by atoms with Crippen LogP contribution >= 0.6 is 0 Å². The molecular formula is C17H25NO. The van der Waals surface area contributed by atoms with Crippen LogP contribution in [-0.2, 0) is 0 Å². The van der Waals surface area contributed by atoms with Gasteiger partial charge in [-0.25, -0.2) is 0 Å². The SMILES string of the molecule is CCCCCC[C@@H](C)C(C#N)c1ccc(OC)cc1. The van der Waals surface area contributed by atoms with Gasteiger partial charge in [0.1, 0.15) is 5.75 Å². The molecule has 0 saturated carbocycles. The number of hydrogen-bond donors (Lipinski definition) is 0. The Morgan fingerprint density at radius 3 is 2.37 bits per heavy atom. The summed E-state index contributed by atoms with van der Waals surface area (Å²) in [6.45, 7) is 4.41. The predicted molar refractivity (Wildman–Crippen MR) is 79.3 cm³/mol. The van der Waals surface area contributed by atoms with Gasteiger partial charge in [-0.1, -0.05) is 51.7 Å². The van der Waals surface area contributed by atoms with E-state index in [0.29, 0.717) is 5.92 Å². The fraction of sp³-hybridized carbons (Fsp3) is 0.588. The average molecular weight is 259 g/mol. The Labute approximate surface area is 117 Å². The number of rotatable bonds is 8. The van der Waals surface area contributed by atoms with Gasteiger partial charge in [0.25, 0.3) is 0 Å². The van der Waals surface area contributed by atoms with E-state index in [9.17, 15) is 5.26 Å². The van der Waals surface area contributed by atoms with Crippen LogP contribution < -0.4 is 4.74 Å². The number of nitriles is 1. The van der Waals surface area contributed by atoms with E-state index in [1.807, 2.05) is 24.3 Å². The smallest absolute Gasteiger partial charge is 0.118 e. The van der Waals surface area contributed by atoms with Gasteiger partial charge in [0.05, 0.1) is 19.1 Å². The average Bonchev–Trinajstić information content (AvgIpc) is 2.45. The van der Waals surface area contributed by atoms with Crippen molar-refractivity contribution in [3.8, 4) is 11.8 Å². The van der Waals surface area contributed by atoms with Gasteiger partial charge in [0, 0.05) is 0 Å². The lowest BCUT2D eigenvalue weighted by Gasteiger charge is -2.18. The van der Waals surface area contributed by atoms with E-state index in [0.717, 1.165) is 17.7 Å². The maximum atomic E-state index is 9.40. The molecule has 104 valence electrons. The van der Waals surface area contributed by atoms with Crippen LogP contribution in [0.4, 0.5) is 0 Å². The highest BCUT2D eigenvalue weighted by Gasteiger charge is 2.18. The standard InChI is InChI=1S/C17H25NO/c1-4-5-6-7-8-14(2)17(13-18)15-9-11-16(19-3)12-10-15/h9-12,14,17H,4-8H2,1-3H3/t14-,17?/m1/s1. The molecule has 0 aliphatic heterocycles. The van der Waals surface area contributed by atoms with Gasteiger partial charge in [-0.2, -0.15) is 5.26 Å². The summed E-state index contributed by atoms with van der Waals surface area (Å²) in [7, 11) is 1.66. The first kappa shape index (κ1) is 15.6. The topological polar surface area (TPSA) is 33.0 Å². The first-order valence-electron chi connectivity index (χ1n) is 7.26. The van der Waals surface area contributed by atoms with Crippen molar-refractivity contribution in [2.45, 2.75) is 51.9 Å². The van der Waals surface area contributed by atoms with Crippen molar-refractivity contribution < 1.29 is 4.74 Å². The molecule has 0 aliphatic rings. The monoisotopic (exact) mass is 259 g/mol. The molecule has 0 spiro atoms. The maximum absolute atomic E-state index is 9.40. The Kier molecular flexibility index (Phi) is 7.03. The molecule has 1 aromatic carbocycles. The summed E-state index contributed by atoms with van der Waals surface area (Å²) in [6.07, 6.45) is 6.19. The third-order valence-electron chi connectivity index (χ3n) is 3.70. The van der Waals surface area contributed by atoms with E-state index in [1.165, 1.54) is 25.7 Å². The van der Waals surface area contributed by atoms with Crippen LogP contribution in [0.2, 0.25) is 0 Å². The second-order valence-corrected chi connectivity index (χ2v) is 5.21. The summed E-state index contributed by atoms with van der Waals surface area (Å²) >= 11 is 0. The lowest BCUT2D eigenvalue weighted by molar-refractivity contribution is 0.414. The molecular weight excluding hydrogens is 234 g/mol. The number of nitrogens with zero attached hydrogens (tertiary/aromatic N) is 1. The molecule has 0 heterocycles. The molecule has 0 amide bonds. The van der Waals surface area contributed by atoms with Crippen LogP contribution in [0.1, 0.15) is 57.4 Å². The van der Waals surface area contributed by atoms with Crippen molar-refractivity contribution in [1.29, 1.82) is 5.26 Å². The van der Waals surface area contributed by atoms with E-state index < -0.39 is 0 Å². The highest BCUT2D eigenvalue weighted by Crippen LogP contribution is 2.29. The third-order valence-corrected chi connectivity index (χ3v) is 3.70. The van der Waals surface area contributed by atoms with Crippen LogP contribution in [0.25, 0.3) is 0 Å². The number of hydrogen-bond acceptors (Lipinski definition) is 2. The Balaban J connectivity index is 2.58. The van der Waals surface area contributed by atoms with Crippen LogP contribution in [0, 0.1) is 17.2 Å². The summed E-state index contributed by atoms with van der Waals surface area (Å²) < 4.78 is 5.15. The number of benzene rings is 1. The van der Waals surface area contributed by atoms with Crippen LogP contribution in [0.3, 0.4) is 0 Å². The van der Waals surface area contributed by atoms with Crippen molar-refractivity contribution in [1.82, 2.24) is 0 Å². The van der Waals surface area contributed by atoms with Gasteiger partial charge < -0.3 is 4.74 Å². The van der Waals surface area contributed by atoms with Crippen LogP contribution in [0.15, 0.2) is 24.3 Å². The van der Waals surface area contributed by atoms with Crippen molar-refractivity contribution >= 4 is 0 Å². The molecule has 2 heteroatoms. The van der Waals surface area contributed by atoms with Crippen LogP contribution in [-0.4, -0.2) is 7.11 Å². The van der Waals surface area contributed by atoms with E-state index in [4.69, 9.17) is 4.74 Å². The summed E-state index contributed by atoms with van der Waals surface area (Å²) in [5.74, 6) is 1.25. The second-order valence-electron chi connectivity index (χ2n) is 5.21. The van der Waals surface area contributed by atoms with Gasteiger partial charge in [-0.3, -0.25) is 0 Å². The molecule has 0 aromatic heterocycles. The first-order valence-corrected chi connectivity index (χ1v) is 7.26. The minimum absolute atomic E-state index is 0.00691. The zero-order valence-electron chi connectivity index (χ0n) is 12.4.